The van der Waals surface area contributed by atoms with E-state index >= 15 is 0 Å². The van der Waals surface area contributed by atoms with E-state index in [1.54, 1.807) is 0 Å². The lowest BCUT2D eigenvalue weighted by molar-refractivity contribution is 0.0982. The van der Waals surface area contributed by atoms with E-state index < -0.39 is 0 Å². The topological polar surface area (TPSA) is 29.1 Å². The third-order valence-corrected chi connectivity index (χ3v) is 2.91. The normalized spacial score (nSPS) is 10.9. The number of hydrogen-bond acceptors (Lipinski definition) is 2. The van der Waals surface area contributed by atoms with Crippen LogP contribution in [0.5, 0.6) is 0 Å². The summed E-state index contributed by atoms with van der Waals surface area (Å²) in [4.78, 5) is 11.9. The van der Waals surface area contributed by atoms with E-state index in [9.17, 15) is 4.79 Å². The predicted molar refractivity (Wildman–Crippen MR) is 72.6 cm³/mol. The summed E-state index contributed by atoms with van der Waals surface area (Å²) in [6, 6.07) is 5.93. The van der Waals surface area contributed by atoms with Gasteiger partial charge in [-0.2, -0.15) is 0 Å². The first-order valence-corrected chi connectivity index (χ1v) is 6.32. The Morgan fingerprint density at radius 3 is 2.53 bits per heavy atom. The van der Waals surface area contributed by atoms with Crippen LogP contribution in [0.2, 0.25) is 0 Å². The summed E-state index contributed by atoms with van der Waals surface area (Å²) in [7, 11) is 0. The summed E-state index contributed by atoms with van der Waals surface area (Å²) in [6.45, 7) is 10.2. The maximum Gasteiger partial charge on any atom is 0.164 e. The minimum absolute atomic E-state index is 0.226. The van der Waals surface area contributed by atoms with E-state index in [0.29, 0.717) is 12.3 Å². The number of carbonyl (C=O) groups is 1. The van der Waals surface area contributed by atoms with Gasteiger partial charge in [-0.05, 0) is 43.5 Å². The van der Waals surface area contributed by atoms with Crippen molar-refractivity contribution in [3.8, 4) is 0 Å². The number of carbonyl (C=O) groups excluding carboxylic acids is 1. The molecule has 0 aliphatic carbocycles. The molecule has 17 heavy (non-hydrogen) atoms. The zero-order valence-electron chi connectivity index (χ0n) is 11.3. The molecular weight excluding hydrogens is 210 g/mol. The fourth-order valence-electron chi connectivity index (χ4n) is 1.65. The zero-order valence-corrected chi connectivity index (χ0v) is 11.3. The molecule has 2 heteroatoms. The highest BCUT2D eigenvalue weighted by atomic mass is 16.1. The summed E-state index contributed by atoms with van der Waals surface area (Å²) in [6.07, 6.45) is 0.579. The van der Waals surface area contributed by atoms with Crippen LogP contribution in [-0.4, -0.2) is 18.9 Å². The van der Waals surface area contributed by atoms with Gasteiger partial charge in [0, 0.05) is 18.5 Å². The first-order valence-electron chi connectivity index (χ1n) is 6.32. The fourth-order valence-corrected chi connectivity index (χ4v) is 1.65. The molecule has 1 rings (SSSR count). The molecule has 0 aliphatic heterocycles. The van der Waals surface area contributed by atoms with Crippen LogP contribution in [0.25, 0.3) is 0 Å². The van der Waals surface area contributed by atoms with Gasteiger partial charge in [-0.3, -0.25) is 4.79 Å². The Bertz CT molecular complexity index is 383. The minimum Gasteiger partial charge on any atom is -0.316 e. The van der Waals surface area contributed by atoms with Crippen LogP contribution < -0.4 is 5.32 Å². The second kappa shape index (κ2) is 6.55. The first kappa shape index (κ1) is 13.9. The second-order valence-corrected chi connectivity index (χ2v) is 5.07. The molecule has 1 aromatic carbocycles. The van der Waals surface area contributed by atoms with Crippen LogP contribution in [0.1, 0.15) is 41.8 Å². The molecule has 0 atom stereocenters. The monoisotopic (exact) mass is 233 g/mol. The highest BCUT2D eigenvalue weighted by Gasteiger charge is 2.06. The van der Waals surface area contributed by atoms with Gasteiger partial charge in [0.2, 0.25) is 0 Å². The predicted octanol–water partition coefficient (Wildman–Crippen LogP) is 3.12. The minimum atomic E-state index is 0.226. The Hall–Kier alpha value is -1.15. The van der Waals surface area contributed by atoms with Gasteiger partial charge in [-0.25, -0.2) is 0 Å². The number of nitrogens with one attached hydrogen (secondary N) is 1. The number of ketones is 1. The van der Waals surface area contributed by atoms with Gasteiger partial charge in [0.1, 0.15) is 0 Å². The van der Waals surface area contributed by atoms with Crippen molar-refractivity contribution in [3.05, 3.63) is 34.9 Å². The average Bonchev–Trinajstić information content (AvgIpc) is 2.27. The number of Topliss-reactive ketones (excluding diaryl/α,β-unsaturated/α-hetero) is 1. The first-order chi connectivity index (χ1) is 8.00. The van der Waals surface area contributed by atoms with Crippen LogP contribution in [-0.2, 0) is 0 Å². The van der Waals surface area contributed by atoms with Gasteiger partial charge in [-0.1, -0.05) is 26.0 Å². The van der Waals surface area contributed by atoms with Crippen molar-refractivity contribution in [2.24, 2.45) is 5.92 Å². The van der Waals surface area contributed by atoms with E-state index in [1.807, 2.05) is 25.1 Å². The van der Waals surface area contributed by atoms with Crippen LogP contribution in [0, 0.1) is 19.8 Å². The number of rotatable bonds is 6. The lowest BCUT2D eigenvalue weighted by Crippen LogP contribution is -2.22. The lowest BCUT2D eigenvalue weighted by Gasteiger charge is -2.07. The quantitative estimate of drug-likeness (QED) is 0.604. The summed E-state index contributed by atoms with van der Waals surface area (Å²) in [5.74, 6) is 0.857. The van der Waals surface area contributed by atoms with Gasteiger partial charge in [-0.15, -0.1) is 0 Å². The highest BCUT2D eigenvalue weighted by Crippen LogP contribution is 2.11. The van der Waals surface area contributed by atoms with E-state index in [2.05, 4.69) is 26.1 Å². The molecule has 1 aromatic rings. The summed E-state index contributed by atoms with van der Waals surface area (Å²) in [5, 5.41) is 3.29. The van der Waals surface area contributed by atoms with Gasteiger partial charge >= 0.3 is 0 Å². The standard InChI is InChI=1S/C15H23NO/c1-11(2)10-16-8-7-15(17)14-6-5-12(3)13(4)9-14/h5-6,9,11,16H,7-8,10H2,1-4H3. The molecule has 0 bridgehead atoms. The molecule has 0 fully saturated rings. The van der Waals surface area contributed by atoms with Crippen LogP contribution in [0.4, 0.5) is 0 Å². The van der Waals surface area contributed by atoms with Gasteiger partial charge < -0.3 is 5.32 Å². The highest BCUT2D eigenvalue weighted by molar-refractivity contribution is 5.96. The molecular formula is C15H23NO. The van der Waals surface area contributed by atoms with E-state index in [0.717, 1.165) is 18.7 Å². The van der Waals surface area contributed by atoms with Gasteiger partial charge in [0.25, 0.3) is 0 Å². The zero-order chi connectivity index (χ0) is 12.8. The molecule has 0 saturated heterocycles. The molecule has 2 nitrogen and oxygen atoms in total. The molecule has 94 valence electrons. The van der Waals surface area contributed by atoms with Crippen molar-refractivity contribution in [3.63, 3.8) is 0 Å². The van der Waals surface area contributed by atoms with Crippen molar-refractivity contribution in [1.82, 2.24) is 5.32 Å². The van der Waals surface area contributed by atoms with Crippen LogP contribution >= 0.6 is 0 Å². The Balaban J connectivity index is 2.44. The molecule has 0 heterocycles. The van der Waals surface area contributed by atoms with Crippen molar-refractivity contribution in [2.75, 3.05) is 13.1 Å². The molecule has 0 amide bonds. The largest absolute Gasteiger partial charge is 0.316 e. The fraction of sp³-hybridized carbons (Fsp3) is 0.533. The number of hydrogen-bond donors (Lipinski definition) is 1. The summed E-state index contributed by atoms with van der Waals surface area (Å²) < 4.78 is 0. The summed E-state index contributed by atoms with van der Waals surface area (Å²) in [5.41, 5.74) is 3.25. The van der Waals surface area contributed by atoms with Crippen LogP contribution in [0.3, 0.4) is 0 Å². The average molecular weight is 233 g/mol. The summed E-state index contributed by atoms with van der Waals surface area (Å²) >= 11 is 0. The molecule has 0 aliphatic rings. The van der Waals surface area contributed by atoms with Gasteiger partial charge in [0.05, 0.1) is 0 Å². The van der Waals surface area contributed by atoms with Crippen molar-refractivity contribution in [2.45, 2.75) is 34.1 Å². The Kier molecular flexibility index (Phi) is 5.36. The van der Waals surface area contributed by atoms with Crippen molar-refractivity contribution in [1.29, 1.82) is 0 Å². The van der Waals surface area contributed by atoms with Crippen molar-refractivity contribution < 1.29 is 4.79 Å². The Morgan fingerprint density at radius 2 is 1.94 bits per heavy atom. The maximum absolute atomic E-state index is 11.9. The molecule has 0 spiro atoms. The molecule has 0 saturated carbocycles. The Labute approximate surface area is 104 Å². The number of aryl methyl sites for hydroxylation is 2. The molecule has 0 radical (unpaired) electrons. The molecule has 1 N–H and O–H groups in total. The third-order valence-electron chi connectivity index (χ3n) is 2.91. The number of benzene rings is 1. The molecule has 0 unspecified atom stereocenters. The third kappa shape index (κ3) is 4.70. The maximum atomic E-state index is 11.9. The smallest absolute Gasteiger partial charge is 0.164 e. The van der Waals surface area contributed by atoms with Crippen molar-refractivity contribution >= 4 is 5.78 Å². The van der Waals surface area contributed by atoms with E-state index in [4.69, 9.17) is 0 Å². The SMILES string of the molecule is Cc1ccc(C(=O)CCNCC(C)C)cc1C. The van der Waals surface area contributed by atoms with E-state index in [-0.39, 0.29) is 5.78 Å². The van der Waals surface area contributed by atoms with E-state index in [1.165, 1.54) is 11.1 Å². The molecule has 0 aromatic heterocycles. The Morgan fingerprint density at radius 1 is 1.24 bits per heavy atom. The van der Waals surface area contributed by atoms with Crippen LogP contribution in [0.15, 0.2) is 18.2 Å². The van der Waals surface area contributed by atoms with Gasteiger partial charge in [0.15, 0.2) is 5.78 Å². The second-order valence-electron chi connectivity index (χ2n) is 5.07. The lowest BCUT2D eigenvalue weighted by atomic mass is 10.0.